The van der Waals surface area contributed by atoms with Gasteiger partial charge in [-0.2, -0.15) is 0 Å². The van der Waals surface area contributed by atoms with E-state index in [4.69, 9.17) is 14.2 Å². The minimum Gasteiger partial charge on any atom is -0.465 e. The zero-order valence-corrected chi connectivity index (χ0v) is 33.3. The van der Waals surface area contributed by atoms with Crippen molar-refractivity contribution in [3.05, 3.63) is 24.3 Å². The summed E-state index contributed by atoms with van der Waals surface area (Å²) in [4.78, 5) is 40.4. The van der Waals surface area contributed by atoms with E-state index in [-0.39, 0.29) is 43.6 Å². The van der Waals surface area contributed by atoms with E-state index in [0.717, 1.165) is 88.6 Å². The van der Waals surface area contributed by atoms with Gasteiger partial charge in [0.25, 0.3) is 0 Å². The van der Waals surface area contributed by atoms with Crippen LogP contribution in [0.15, 0.2) is 24.3 Å². The van der Waals surface area contributed by atoms with Crippen molar-refractivity contribution in [3.63, 3.8) is 0 Å². The van der Waals surface area contributed by atoms with Crippen LogP contribution in [-0.2, 0) is 28.6 Å². The van der Waals surface area contributed by atoms with Crippen LogP contribution in [0, 0.1) is 35.0 Å². The predicted octanol–water partition coefficient (Wildman–Crippen LogP) is 10.6. The third-order valence-corrected chi connectivity index (χ3v) is 12.6. The maximum atomic E-state index is 12.8. The number of hydrogen-bond donors (Lipinski definition) is 0. The monoisotopic (exact) mass is 726 g/mol. The first-order valence-corrected chi connectivity index (χ1v) is 21.8. The molecule has 0 amide bonds. The van der Waals surface area contributed by atoms with Crippen LogP contribution in [0.5, 0.6) is 0 Å². The lowest BCUT2D eigenvalue weighted by Gasteiger charge is -2.57. The molecular weight excluding hydrogens is 650 g/mol. The van der Waals surface area contributed by atoms with Crippen molar-refractivity contribution in [1.82, 2.24) is 4.90 Å². The summed E-state index contributed by atoms with van der Waals surface area (Å²) in [5.41, 5.74) is 0.468. The third kappa shape index (κ3) is 16.9. The molecule has 0 N–H and O–H groups in total. The first-order valence-electron chi connectivity index (χ1n) is 21.8. The Balaban J connectivity index is 1.07. The van der Waals surface area contributed by atoms with Gasteiger partial charge in [-0.05, 0) is 152 Å². The number of ether oxygens (including phenoxy) is 3. The fourth-order valence-electron chi connectivity index (χ4n) is 9.94. The van der Waals surface area contributed by atoms with E-state index in [1.165, 1.54) is 83.5 Å². The SMILES string of the molecule is CCCCC/C=C\C/C=C\CCCCCCCCC(=O)OCC(COC(=O)CCCC12CC3CC(CC(C3)C1)C2)COC(=O)CC1CCN(C)CC1. The Labute approximate surface area is 317 Å². The van der Waals surface area contributed by atoms with Crippen molar-refractivity contribution < 1.29 is 28.6 Å². The Morgan fingerprint density at radius 3 is 1.73 bits per heavy atom. The van der Waals surface area contributed by atoms with Gasteiger partial charge in [-0.15, -0.1) is 0 Å². The topological polar surface area (TPSA) is 82.1 Å². The highest BCUT2D eigenvalue weighted by Gasteiger charge is 2.50. The number of hydrogen-bond acceptors (Lipinski definition) is 7. The largest absolute Gasteiger partial charge is 0.465 e. The second-order valence-electron chi connectivity index (χ2n) is 17.5. The van der Waals surface area contributed by atoms with Crippen molar-refractivity contribution in [3.8, 4) is 0 Å². The predicted molar refractivity (Wildman–Crippen MR) is 210 cm³/mol. The van der Waals surface area contributed by atoms with Gasteiger partial charge in [0.15, 0.2) is 0 Å². The number of piperidine rings is 1. The van der Waals surface area contributed by atoms with E-state index >= 15 is 0 Å². The van der Waals surface area contributed by atoms with Crippen molar-refractivity contribution in [2.75, 3.05) is 40.0 Å². The molecule has 296 valence electrons. The van der Waals surface area contributed by atoms with Gasteiger partial charge in [0, 0.05) is 19.3 Å². The molecule has 5 aliphatic rings. The molecule has 1 atom stereocenters. The number of carbonyl (C=O) groups is 3. The molecule has 1 heterocycles. The average Bonchev–Trinajstić information content (AvgIpc) is 3.11. The fraction of sp³-hybridized carbons (Fsp3) is 0.844. The van der Waals surface area contributed by atoms with Crippen LogP contribution in [0.25, 0.3) is 0 Å². The van der Waals surface area contributed by atoms with Gasteiger partial charge in [-0.1, -0.05) is 69.8 Å². The third-order valence-electron chi connectivity index (χ3n) is 12.6. The van der Waals surface area contributed by atoms with Crippen molar-refractivity contribution in [2.45, 2.75) is 167 Å². The van der Waals surface area contributed by atoms with Crippen LogP contribution in [0.4, 0.5) is 0 Å². The summed E-state index contributed by atoms with van der Waals surface area (Å²) in [6.45, 7) is 4.56. The highest BCUT2D eigenvalue weighted by Crippen LogP contribution is 2.61. The number of esters is 3. The molecule has 0 spiro atoms. The van der Waals surface area contributed by atoms with Crippen molar-refractivity contribution in [2.24, 2.45) is 35.0 Å². The second-order valence-corrected chi connectivity index (χ2v) is 17.5. The van der Waals surface area contributed by atoms with Gasteiger partial charge >= 0.3 is 17.9 Å². The summed E-state index contributed by atoms with van der Waals surface area (Å²) < 4.78 is 17.0. The molecule has 0 aromatic heterocycles. The van der Waals surface area contributed by atoms with Crippen LogP contribution in [0.1, 0.15) is 167 Å². The molecule has 5 fully saturated rings. The summed E-state index contributed by atoms with van der Waals surface area (Å²) in [7, 11) is 2.11. The van der Waals surface area contributed by atoms with Crippen molar-refractivity contribution in [1.29, 1.82) is 0 Å². The Kier molecular flexibility index (Phi) is 19.9. The van der Waals surface area contributed by atoms with Crippen LogP contribution in [-0.4, -0.2) is 62.8 Å². The summed E-state index contributed by atoms with van der Waals surface area (Å²) in [5.74, 6) is 2.12. The summed E-state index contributed by atoms with van der Waals surface area (Å²) in [6, 6.07) is 0. The molecule has 4 bridgehead atoms. The molecule has 4 aliphatic carbocycles. The summed E-state index contributed by atoms with van der Waals surface area (Å²) in [6.07, 6.45) is 36.7. The van der Waals surface area contributed by atoms with E-state index in [9.17, 15) is 14.4 Å². The molecule has 7 nitrogen and oxygen atoms in total. The van der Waals surface area contributed by atoms with Gasteiger partial charge in [0.05, 0.1) is 5.92 Å². The van der Waals surface area contributed by atoms with Crippen LogP contribution in [0.3, 0.4) is 0 Å². The molecule has 0 aromatic rings. The minimum atomic E-state index is -0.353. The molecule has 1 aliphatic heterocycles. The van der Waals surface area contributed by atoms with Gasteiger partial charge in [-0.3, -0.25) is 14.4 Å². The zero-order chi connectivity index (χ0) is 36.9. The average molecular weight is 726 g/mol. The number of unbranched alkanes of at least 4 members (excludes halogenated alkanes) is 9. The second kappa shape index (κ2) is 24.3. The number of nitrogens with zero attached hydrogens (tertiary/aromatic N) is 1. The van der Waals surface area contributed by atoms with E-state index in [0.29, 0.717) is 30.6 Å². The van der Waals surface area contributed by atoms with Gasteiger partial charge in [0.2, 0.25) is 0 Å². The fourth-order valence-corrected chi connectivity index (χ4v) is 9.94. The number of likely N-dealkylation sites (tertiary alicyclic amines) is 1. The number of carbonyl (C=O) groups excluding carboxylic acids is 3. The highest BCUT2D eigenvalue weighted by atomic mass is 16.6. The van der Waals surface area contributed by atoms with Gasteiger partial charge < -0.3 is 19.1 Å². The van der Waals surface area contributed by atoms with Crippen LogP contribution in [0.2, 0.25) is 0 Å². The number of rotatable bonds is 27. The molecule has 1 unspecified atom stereocenters. The molecule has 7 heteroatoms. The zero-order valence-electron chi connectivity index (χ0n) is 33.3. The Bertz CT molecular complexity index is 1060. The molecule has 52 heavy (non-hydrogen) atoms. The summed E-state index contributed by atoms with van der Waals surface area (Å²) in [5, 5.41) is 0. The standard InChI is InChI=1S/C45H75NO6/c1-3-4-5-6-7-8-9-10-11-12-13-14-15-16-17-18-20-42(47)50-34-41(36-52-44(49)30-37-22-25-46(2)26-23-37)35-51-43(48)21-19-24-45-31-38-27-39(32-45)29-40(28-38)33-45/h7-8,10-11,37-41H,3-6,9,12-36H2,1-2H3/b8-7-,11-10-. The van der Waals surface area contributed by atoms with E-state index in [1.807, 2.05) is 0 Å². The molecule has 5 rings (SSSR count). The minimum absolute atomic E-state index is 0.100. The maximum Gasteiger partial charge on any atom is 0.306 e. The first-order chi connectivity index (χ1) is 25.3. The quantitative estimate of drug-likeness (QED) is 0.0361. The smallest absolute Gasteiger partial charge is 0.306 e. The lowest BCUT2D eigenvalue weighted by atomic mass is 9.48. The van der Waals surface area contributed by atoms with E-state index in [2.05, 4.69) is 43.2 Å². The normalized spacial score (nSPS) is 25.2. The Morgan fingerprint density at radius 1 is 0.654 bits per heavy atom. The summed E-state index contributed by atoms with van der Waals surface area (Å²) >= 11 is 0. The lowest BCUT2D eigenvalue weighted by molar-refractivity contribution is -0.154. The van der Waals surface area contributed by atoms with Gasteiger partial charge in [-0.25, -0.2) is 0 Å². The lowest BCUT2D eigenvalue weighted by Crippen LogP contribution is -2.45. The molecule has 4 saturated carbocycles. The molecule has 0 aromatic carbocycles. The van der Waals surface area contributed by atoms with Gasteiger partial charge in [0.1, 0.15) is 19.8 Å². The van der Waals surface area contributed by atoms with Crippen molar-refractivity contribution >= 4 is 17.9 Å². The first kappa shape index (κ1) is 42.6. The Hall–Kier alpha value is -2.15. The van der Waals surface area contributed by atoms with E-state index in [1.54, 1.807) is 0 Å². The number of allylic oxidation sites excluding steroid dienone is 4. The molecule has 0 radical (unpaired) electrons. The van der Waals surface area contributed by atoms with Crippen LogP contribution >= 0.6 is 0 Å². The van der Waals surface area contributed by atoms with E-state index < -0.39 is 0 Å². The molecule has 1 saturated heterocycles. The van der Waals surface area contributed by atoms with Crippen LogP contribution < -0.4 is 0 Å². The highest BCUT2D eigenvalue weighted by molar-refractivity contribution is 5.70. The molecular formula is C45H75NO6. The Morgan fingerprint density at radius 2 is 1.15 bits per heavy atom. The maximum absolute atomic E-state index is 12.8.